The predicted octanol–water partition coefficient (Wildman–Crippen LogP) is 0.566. The highest BCUT2D eigenvalue weighted by molar-refractivity contribution is 5.63. The number of hydrogen-bond donors (Lipinski definition) is 3. The standard InChI is InChI=1S/C13H21N3O2/c1-18-13-7-9(4-5-10(13)15)16-6-2-3-11(16)12(17)8-14/h4-5,7,11-12,17H,2-3,6,8,14-15H2,1H3. The molecule has 2 rings (SSSR count). The maximum Gasteiger partial charge on any atom is 0.143 e. The first-order valence-electron chi connectivity index (χ1n) is 6.25. The molecule has 0 bridgehead atoms. The van der Waals surface area contributed by atoms with E-state index in [2.05, 4.69) is 4.90 Å². The number of aliphatic hydroxyl groups is 1. The molecule has 5 N–H and O–H groups in total. The lowest BCUT2D eigenvalue weighted by molar-refractivity contribution is 0.153. The first-order chi connectivity index (χ1) is 8.67. The van der Waals surface area contributed by atoms with Gasteiger partial charge in [-0.15, -0.1) is 0 Å². The summed E-state index contributed by atoms with van der Waals surface area (Å²) in [6.45, 7) is 1.21. The third kappa shape index (κ3) is 2.37. The Labute approximate surface area is 107 Å². The fraction of sp³-hybridized carbons (Fsp3) is 0.538. The summed E-state index contributed by atoms with van der Waals surface area (Å²) in [4.78, 5) is 2.18. The quantitative estimate of drug-likeness (QED) is 0.681. The van der Waals surface area contributed by atoms with Crippen molar-refractivity contribution in [2.45, 2.75) is 25.0 Å². The van der Waals surface area contributed by atoms with Gasteiger partial charge < -0.3 is 26.2 Å². The average Bonchev–Trinajstić information content (AvgIpc) is 2.87. The topological polar surface area (TPSA) is 84.7 Å². The second-order valence-corrected chi connectivity index (χ2v) is 4.63. The molecule has 1 saturated heterocycles. The number of anilines is 2. The molecule has 0 aliphatic carbocycles. The number of rotatable bonds is 4. The van der Waals surface area contributed by atoms with Crippen molar-refractivity contribution in [3.63, 3.8) is 0 Å². The molecule has 2 atom stereocenters. The molecule has 100 valence electrons. The monoisotopic (exact) mass is 251 g/mol. The molecule has 0 saturated carbocycles. The predicted molar refractivity (Wildman–Crippen MR) is 72.8 cm³/mol. The summed E-state index contributed by atoms with van der Waals surface area (Å²) in [7, 11) is 1.60. The van der Waals surface area contributed by atoms with Crippen molar-refractivity contribution < 1.29 is 9.84 Å². The van der Waals surface area contributed by atoms with Gasteiger partial charge in [0.05, 0.1) is 24.9 Å². The molecule has 18 heavy (non-hydrogen) atoms. The van der Waals surface area contributed by atoms with Crippen LogP contribution in [0.3, 0.4) is 0 Å². The third-order valence-electron chi connectivity index (χ3n) is 3.53. The van der Waals surface area contributed by atoms with Gasteiger partial charge in [0.15, 0.2) is 0 Å². The van der Waals surface area contributed by atoms with Crippen molar-refractivity contribution in [1.82, 2.24) is 0 Å². The van der Waals surface area contributed by atoms with E-state index in [1.807, 2.05) is 18.2 Å². The number of aliphatic hydroxyl groups excluding tert-OH is 1. The third-order valence-corrected chi connectivity index (χ3v) is 3.53. The minimum atomic E-state index is -0.490. The van der Waals surface area contributed by atoms with Gasteiger partial charge in [-0.25, -0.2) is 0 Å². The van der Waals surface area contributed by atoms with Gasteiger partial charge in [0.2, 0.25) is 0 Å². The lowest BCUT2D eigenvalue weighted by Gasteiger charge is -2.30. The Bertz CT molecular complexity index is 411. The second-order valence-electron chi connectivity index (χ2n) is 4.63. The molecule has 0 spiro atoms. The number of nitrogen functional groups attached to an aromatic ring is 1. The summed E-state index contributed by atoms with van der Waals surface area (Å²) < 4.78 is 5.23. The van der Waals surface area contributed by atoms with E-state index in [4.69, 9.17) is 16.2 Å². The fourth-order valence-electron chi connectivity index (χ4n) is 2.55. The van der Waals surface area contributed by atoms with Gasteiger partial charge in [-0.05, 0) is 25.0 Å². The van der Waals surface area contributed by atoms with Crippen LogP contribution in [0.1, 0.15) is 12.8 Å². The highest BCUT2D eigenvalue weighted by atomic mass is 16.5. The summed E-state index contributed by atoms with van der Waals surface area (Å²) in [5.74, 6) is 0.667. The Balaban J connectivity index is 2.24. The van der Waals surface area contributed by atoms with Crippen LogP contribution in [0.4, 0.5) is 11.4 Å². The number of methoxy groups -OCH3 is 1. The number of nitrogens with zero attached hydrogens (tertiary/aromatic N) is 1. The highest BCUT2D eigenvalue weighted by Gasteiger charge is 2.30. The first-order valence-corrected chi connectivity index (χ1v) is 6.25. The zero-order chi connectivity index (χ0) is 13.1. The molecule has 2 unspecified atom stereocenters. The van der Waals surface area contributed by atoms with Gasteiger partial charge in [-0.3, -0.25) is 0 Å². The van der Waals surface area contributed by atoms with Gasteiger partial charge in [0.1, 0.15) is 5.75 Å². The van der Waals surface area contributed by atoms with Gasteiger partial charge in [0.25, 0.3) is 0 Å². The zero-order valence-corrected chi connectivity index (χ0v) is 10.7. The molecule has 1 heterocycles. The smallest absolute Gasteiger partial charge is 0.143 e. The van der Waals surface area contributed by atoms with Crippen LogP contribution in [0.5, 0.6) is 5.75 Å². The summed E-state index contributed by atoms with van der Waals surface area (Å²) in [6.07, 6.45) is 1.54. The molecule has 0 aromatic heterocycles. The van der Waals surface area contributed by atoms with Gasteiger partial charge in [0, 0.05) is 24.8 Å². The molecule has 1 aliphatic heterocycles. The lowest BCUT2D eigenvalue weighted by Crippen LogP contribution is -2.42. The number of nitrogens with two attached hydrogens (primary N) is 2. The Kier molecular flexibility index (Phi) is 3.93. The van der Waals surface area contributed by atoms with E-state index >= 15 is 0 Å². The number of benzene rings is 1. The van der Waals surface area contributed by atoms with Crippen molar-refractivity contribution in [3.05, 3.63) is 18.2 Å². The van der Waals surface area contributed by atoms with Crippen LogP contribution in [0.25, 0.3) is 0 Å². The van der Waals surface area contributed by atoms with E-state index in [9.17, 15) is 5.11 Å². The summed E-state index contributed by atoms with van der Waals surface area (Å²) >= 11 is 0. The highest BCUT2D eigenvalue weighted by Crippen LogP contribution is 2.32. The van der Waals surface area contributed by atoms with E-state index in [1.165, 1.54) is 0 Å². The second kappa shape index (κ2) is 5.46. The number of ether oxygens (including phenoxy) is 1. The van der Waals surface area contributed by atoms with E-state index in [-0.39, 0.29) is 12.6 Å². The van der Waals surface area contributed by atoms with Crippen molar-refractivity contribution in [1.29, 1.82) is 0 Å². The molecule has 1 aromatic rings. The molecule has 5 heteroatoms. The molecular weight excluding hydrogens is 230 g/mol. The molecule has 1 aromatic carbocycles. The first kappa shape index (κ1) is 13.0. The number of hydrogen-bond acceptors (Lipinski definition) is 5. The van der Waals surface area contributed by atoms with Crippen LogP contribution in [0, 0.1) is 0 Å². The zero-order valence-electron chi connectivity index (χ0n) is 10.7. The van der Waals surface area contributed by atoms with Crippen molar-refractivity contribution >= 4 is 11.4 Å². The van der Waals surface area contributed by atoms with Crippen molar-refractivity contribution in [2.75, 3.05) is 30.8 Å². The Morgan fingerprint density at radius 2 is 2.33 bits per heavy atom. The Morgan fingerprint density at radius 1 is 1.56 bits per heavy atom. The summed E-state index contributed by atoms with van der Waals surface area (Å²) in [6, 6.07) is 5.79. The van der Waals surface area contributed by atoms with Crippen LogP contribution in [-0.4, -0.2) is 37.5 Å². The van der Waals surface area contributed by atoms with Crippen LogP contribution < -0.4 is 21.1 Å². The molecule has 0 amide bonds. The largest absolute Gasteiger partial charge is 0.495 e. The summed E-state index contributed by atoms with van der Waals surface area (Å²) in [5.41, 5.74) is 13.0. The fourth-order valence-corrected chi connectivity index (χ4v) is 2.55. The lowest BCUT2D eigenvalue weighted by atomic mass is 10.1. The van der Waals surface area contributed by atoms with E-state index in [0.29, 0.717) is 11.4 Å². The van der Waals surface area contributed by atoms with Crippen molar-refractivity contribution in [2.24, 2.45) is 5.73 Å². The van der Waals surface area contributed by atoms with Crippen LogP contribution in [0.15, 0.2) is 18.2 Å². The molecule has 5 nitrogen and oxygen atoms in total. The minimum Gasteiger partial charge on any atom is -0.495 e. The maximum atomic E-state index is 9.95. The Hall–Kier alpha value is -1.46. The SMILES string of the molecule is COc1cc(N2CCCC2C(O)CN)ccc1N. The average molecular weight is 251 g/mol. The maximum absolute atomic E-state index is 9.95. The van der Waals surface area contributed by atoms with E-state index in [1.54, 1.807) is 7.11 Å². The summed E-state index contributed by atoms with van der Waals surface area (Å²) in [5, 5.41) is 9.95. The normalized spacial score (nSPS) is 21.1. The van der Waals surface area contributed by atoms with E-state index in [0.717, 1.165) is 25.1 Å². The van der Waals surface area contributed by atoms with Gasteiger partial charge in [-0.2, -0.15) is 0 Å². The molecule has 1 fully saturated rings. The van der Waals surface area contributed by atoms with Crippen molar-refractivity contribution in [3.8, 4) is 5.75 Å². The van der Waals surface area contributed by atoms with Gasteiger partial charge in [-0.1, -0.05) is 0 Å². The van der Waals surface area contributed by atoms with Crippen LogP contribution in [0.2, 0.25) is 0 Å². The van der Waals surface area contributed by atoms with Crippen LogP contribution in [-0.2, 0) is 0 Å². The van der Waals surface area contributed by atoms with Crippen LogP contribution >= 0.6 is 0 Å². The molecule has 0 radical (unpaired) electrons. The van der Waals surface area contributed by atoms with E-state index < -0.39 is 6.10 Å². The minimum absolute atomic E-state index is 0.0864. The Morgan fingerprint density at radius 3 is 3.00 bits per heavy atom. The molecular formula is C13H21N3O2. The van der Waals surface area contributed by atoms with Gasteiger partial charge >= 0.3 is 0 Å². The molecule has 1 aliphatic rings.